The van der Waals surface area contributed by atoms with Gasteiger partial charge < -0.3 is 4.74 Å². The zero-order chi connectivity index (χ0) is 22.0. The van der Waals surface area contributed by atoms with Gasteiger partial charge in [0.05, 0.1) is 22.0 Å². The Morgan fingerprint density at radius 1 is 0.968 bits per heavy atom. The van der Waals surface area contributed by atoms with Crippen molar-refractivity contribution in [2.75, 3.05) is 5.01 Å². The van der Waals surface area contributed by atoms with Crippen LogP contribution in [0, 0.1) is 0 Å². The number of ether oxygens (including phenoxy) is 1. The Morgan fingerprint density at radius 2 is 1.74 bits per heavy atom. The Balaban J connectivity index is 1.67. The summed E-state index contributed by atoms with van der Waals surface area (Å²) in [6.45, 7) is 2.04. The maximum Gasteiger partial charge on any atom is 0.280 e. The molecule has 3 aromatic rings. The van der Waals surface area contributed by atoms with E-state index in [1.165, 1.54) is 5.01 Å². The molecule has 4 rings (SSSR count). The quantitative estimate of drug-likeness (QED) is 0.375. The monoisotopic (exact) mass is 470 g/mol. The number of nitrogens with zero attached hydrogens (tertiary/aromatic N) is 2. The first-order chi connectivity index (χ1) is 14.9. The number of carbonyl (C=O) groups excluding carboxylic acids is 1. The van der Waals surface area contributed by atoms with Crippen molar-refractivity contribution < 1.29 is 9.53 Å². The first kappa shape index (κ1) is 21.4. The highest BCUT2D eigenvalue weighted by molar-refractivity contribution is 6.36. The molecule has 1 heterocycles. The van der Waals surface area contributed by atoms with Gasteiger partial charge in [-0.15, -0.1) is 0 Å². The summed E-state index contributed by atoms with van der Waals surface area (Å²) in [5, 5.41) is 7.19. The van der Waals surface area contributed by atoms with E-state index in [9.17, 15) is 4.79 Å². The Labute approximate surface area is 195 Å². The van der Waals surface area contributed by atoms with Gasteiger partial charge in [-0.2, -0.15) is 10.1 Å². The normalized spacial score (nSPS) is 14.8. The number of hydrogen-bond acceptors (Lipinski definition) is 3. The third kappa shape index (κ3) is 4.77. The average molecular weight is 472 g/mol. The topological polar surface area (TPSA) is 41.9 Å². The highest BCUT2D eigenvalue weighted by Crippen LogP contribution is 2.36. The maximum atomic E-state index is 13.0. The minimum Gasteiger partial charge on any atom is -0.487 e. The third-order valence-corrected chi connectivity index (χ3v) is 5.41. The second-order valence-electron chi connectivity index (χ2n) is 6.92. The fourth-order valence-electron chi connectivity index (χ4n) is 3.21. The molecule has 0 radical (unpaired) electrons. The van der Waals surface area contributed by atoms with Gasteiger partial charge in [-0.25, -0.2) is 0 Å². The number of halogens is 3. The molecule has 0 atom stereocenters. The van der Waals surface area contributed by atoms with Gasteiger partial charge in [0.2, 0.25) is 0 Å². The van der Waals surface area contributed by atoms with Crippen molar-refractivity contribution in [1.29, 1.82) is 0 Å². The van der Waals surface area contributed by atoms with Gasteiger partial charge in [-0.3, -0.25) is 4.79 Å². The van der Waals surface area contributed by atoms with E-state index in [2.05, 4.69) is 5.10 Å². The minimum absolute atomic E-state index is 0.236. The fourth-order valence-corrected chi connectivity index (χ4v) is 3.98. The number of hydrazone groups is 1. The van der Waals surface area contributed by atoms with E-state index in [0.717, 1.165) is 5.56 Å². The van der Waals surface area contributed by atoms with Crippen LogP contribution in [0.25, 0.3) is 6.08 Å². The summed E-state index contributed by atoms with van der Waals surface area (Å²) in [4.78, 5) is 13.0. The molecule has 31 heavy (non-hydrogen) atoms. The molecule has 7 heteroatoms. The van der Waals surface area contributed by atoms with E-state index in [0.29, 0.717) is 43.4 Å². The van der Waals surface area contributed by atoms with Crippen LogP contribution in [0.15, 0.2) is 77.4 Å². The van der Waals surface area contributed by atoms with Crippen molar-refractivity contribution in [1.82, 2.24) is 0 Å². The molecule has 0 saturated carbocycles. The smallest absolute Gasteiger partial charge is 0.280 e. The number of carbonyl (C=O) groups is 1. The summed E-state index contributed by atoms with van der Waals surface area (Å²) < 4.78 is 6.00. The standard InChI is InChI=1S/C24H17Cl3N2O2/c1-15-21(24(30)29(28-15)20-8-3-2-4-9-20)12-17-11-19(26)13-22(27)23(17)31-14-16-6-5-7-18(25)10-16/h2-13H,14H2,1H3/b21-12+. The number of anilines is 1. The minimum atomic E-state index is -0.236. The van der Waals surface area contributed by atoms with Crippen molar-refractivity contribution in [3.05, 3.63) is 98.5 Å². The Hall–Kier alpha value is -2.79. The molecule has 3 aromatic carbocycles. The first-order valence-electron chi connectivity index (χ1n) is 9.45. The van der Waals surface area contributed by atoms with Crippen molar-refractivity contribution in [2.45, 2.75) is 13.5 Å². The Morgan fingerprint density at radius 3 is 2.48 bits per heavy atom. The number of amides is 1. The van der Waals surface area contributed by atoms with E-state index >= 15 is 0 Å². The fraction of sp³-hybridized carbons (Fsp3) is 0.0833. The van der Waals surface area contributed by atoms with Crippen LogP contribution in [0.5, 0.6) is 5.75 Å². The lowest BCUT2D eigenvalue weighted by molar-refractivity contribution is -0.114. The molecule has 0 unspecified atom stereocenters. The van der Waals surface area contributed by atoms with E-state index in [-0.39, 0.29) is 12.5 Å². The lowest BCUT2D eigenvalue weighted by atomic mass is 10.1. The third-order valence-electron chi connectivity index (χ3n) is 4.67. The van der Waals surface area contributed by atoms with Gasteiger partial charge in [0, 0.05) is 15.6 Å². The van der Waals surface area contributed by atoms with Gasteiger partial charge in [-0.05, 0) is 55.0 Å². The molecule has 1 aliphatic rings. The van der Waals surface area contributed by atoms with Crippen LogP contribution in [0.4, 0.5) is 5.69 Å². The van der Waals surface area contributed by atoms with Crippen LogP contribution in [-0.4, -0.2) is 11.6 Å². The highest BCUT2D eigenvalue weighted by Gasteiger charge is 2.29. The molecule has 0 N–H and O–H groups in total. The summed E-state index contributed by atoms with van der Waals surface area (Å²) in [6.07, 6.45) is 1.70. The number of benzene rings is 3. The van der Waals surface area contributed by atoms with Gasteiger partial charge in [-0.1, -0.05) is 65.1 Å². The second kappa shape index (κ2) is 9.15. The summed E-state index contributed by atoms with van der Waals surface area (Å²) in [6, 6.07) is 19.9. The van der Waals surface area contributed by atoms with Crippen molar-refractivity contribution >= 4 is 58.2 Å². The Bertz CT molecular complexity index is 1210. The molecule has 0 saturated heterocycles. The van der Waals surface area contributed by atoms with Gasteiger partial charge in [0.1, 0.15) is 12.4 Å². The molecule has 1 aliphatic heterocycles. The van der Waals surface area contributed by atoms with Crippen LogP contribution in [0.1, 0.15) is 18.1 Å². The lowest BCUT2D eigenvalue weighted by Gasteiger charge is -2.13. The predicted octanol–water partition coefficient (Wildman–Crippen LogP) is 7.03. The molecule has 0 aliphatic carbocycles. The van der Waals surface area contributed by atoms with Crippen LogP contribution in [-0.2, 0) is 11.4 Å². The molecular formula is C24H17Cl3N2O2. The Kier molecular flexibility index (Phi) is 6.33. The second-order valence-corrected chi connectivity index (χ2v) is 8.20. The van der Waals surface area contributed by atoms with E-state index in [1.54, 1.807) is 31.2 Å². The van der Waals surface area contributed by atoms with Crippen LogP contribution < -0.4 is 9.75 Å². The van der Waals surface area contributed by atoms with Gasteiger partial charge in [0.25, 0.3) is 5.91 Å². The molecule has 0 bridgehead atoms. The highest BCUT2D eigenvalue weighted by atomic mass is 35.5. The summed E-state index contributed by atoms with van der Waals surface area (Å²) in [5.41, 5.74) is 3.20. The number of hydrogen-bond donors (Lipinski definition) is 0. The van der Waals surface area contributed by atoms with Crippen molar-refractivity contribution in [3.63, 3.8) is 0 Å². The lowest BCUT2D eigenvalue weighted by Crippen LogP contribution is -2.21. The van der Waals surface area contributed by atoms with Crippen LogP contribution >= 0.6 is 34.8 Å². The molecule has 1 amide bonds. The zero-order valence-electron chi connectivity index (χ0n) is 16.5. The largest absolute Gasteiger partial charge is 0.487 e. The molecule has 0 spiro atoms. The molecule has 0 aromatic heterocycles. The summed E-state index contributed by atoms with van der Waals surface area (Å²) >= 11 is 18.7. The molecule has 0 fully saturated rings. The average Bonchev–Trinajstić information content (AvgIpc) is 3.02. The number of para-hydroxylation sites is 1. The molecule has 4 nitrogen and oxygen atoms in total. The first-order valence-corrected chi connectivity index (χ1v) is 10.6. The molecule has 156 valence electrons. The van der Waals surface area contributed by atoms with Gasteiger partial charge >= 0.3 is 0 Å². The molecular weight excluding hydrogens is 455 g/mol. The van der Waals surface area contributed by atoms with E-state index in [4.69, 9.17) is 39.5 Å². The summed E-state index contributed by atoms with van der Waals surface area (Å²) in [5.74, 6) is 0.192. The van der Waals surface area contributed by atoms with Gasteiger partial charge in [0.15, 0.2) is 0 Å². The maximum absolute atomic E-state index is 13.0. The van der Waals surface area contributed by atoms with Crippen molar-refractivity contribution in [3.8, 4) is 5.75 Å². The SMILES string of the molecule is CC1=NN(c2ccccc2)C(=O)/C1=C/c1cc(Cl)cc(Cl)c1OCc1cccc(Cl)c1. The number of rotatable bonds is 5. The van der Waals surface area contributed by atoms with Crippen LogP contribution in [0.3, 0.4) is 0 Å². The predicted molar refractivity (Wildman–Crippen MR) is 127 cm³/mol. The van der Waals surface area contributed by atoms with Crippen LogP contribution in [0.2, 0.25) is 15.1 Å². The van der Waals surface area contributed by atoms with E-state index < -0.39 is 0 Å². The zero-order valence-corrected chi connectivity index (χ0v) is 18.7. The van der Waals surface area contributed by atoms with E-state index in [1.807, 2.05) is 48.5 Å². The van der Waals surface area contributed by atoms with Crippen molar-refractivity contribution in [2.24, 2.45) is 5.10 Å². The summed E-state index contributed by atoms with van der Waals surface area (Å²) in [7, 11) is 0.